The van der Waals surface area contributed by atoms with Crippen molar-refractivity contribution < 1.29 is 36.6 Å². The zero-order valence-corrected chi connectivity index (χ0v) is 11.5. The molecule has 0 aromatic rings. The van der Waals surface area contributed by atoms with E-state index in [0.717, 1.165) is 15.1 Å². The number of hydrogen-bond acceptors (Lipinski definition) is 10. The second-order valence-corrected chi connectivity index (χ2v) is 3.26. The van der Waals surface area contributed by atoms with Gasteiger partial charge in [-0.25, -0.2) is 9.59 Å². The second kappa shape index (κ2) is 12.1. The van der Waals surface area contributed by atoms with Crippen LogP contribution in [0.5, 0.6) is 0 Å². The summed E-state index contributed by atoms with van der Waals surface area (Å²) in [6.45, 7) is 0. The summed E-state index contributed by atoms with van der Waals surface area (Å²) >= 11 is -0.377. The summed E-state index contributed by atoms with van der Waals surface area (Å²) in [5.41, 5.74) is 0. The fourth-order valence-electron chi connectivity index (χ4n) is 0.650. The lowest BCUT2D eigenvalue weighted by molar-refractivity contribution is 0.210. The smallest absolute Gasteiger partial charge is 0.391 e. The average Bonchev–Trinajstić information content (AvgIpc) is 2.39. The van der Waals surface area contributed by atoms with Crippen molar-refractivity contribution in [1.29, 1.82) is 0 Å². The predicted octanol–water partition coefficient (Wildman–Crippen LogP) is -1.13. The third-order valence-corrected chi connectivity index (χ3v) is 1.75. The van der Waals surface area contributed by atoms with Crippen LogP contribution in [0.25, 0.3) is 0 Å². The summed E-state index contributed by atoms with van der Waals surface area (Å²) in [5, 5.41) is 7.76. The predicted molar refractivity (Wildman–Crippen MR) is 74.0 cm³/mol. The van der Waals surface area contributed by atoms with Crippen molar-refractivity contribution in [3.8, 4) is 0 Å². The lowest BCUT2D eigenvalue weighted by Crippen LogP contribution is -2.47. The first kappa shape index (κ1) is 19.3. The SMILES string of the molecule is O=C([B]C(=O)N[B]NC(=O)OSO)N[B]NC(=O)OSO. The molecule has 0 bridgehead atoms. The molecule has 0 heterocycles. The van der Waals surface area contributed by atoms with Crippen molar-refractivity contribution >= 4 is 70.8 Å². The maximum atomic E-state index is 11.1. The summed E-state index contributed by atoms with van der Waals surface area (Å²) in [6.07, 6.45) is -2.10. The van der Waals surface area contributed by atoms with Crippen molar-refractivity contribution in [3.63, 3.8) is 0 Å². The van der Waals surface area contributed by atoms with E-state index in [9.17, 15) is 19.2 Å². The Kier molecular flexibility index (Phi) is 11.1. The number of amides is 4. The van der Waals surface area contributed by atoms with Crippen molar-refractivity contribution in [1.82, 2.24) is 20.9 Å². The molecule has 0 atom stereocenters. The summed E-state index contributed by atoms with van der Waals surface area (Å²) in [6, 6.07) is 0. The topological polar surface area (TPSA) is 175 Å². The Bertz CT molecular complexity index is 355. The highest BCUT2D eigenvalue weighted by atomic mass is 32.2. The Morgan fingerprint density at radius 2 is 1.14 bits per heavy atom. The van der Waals surface area contributed by atoms with E-state index < -0.39 is 23.8 Å². The highest BCUT2D eigenvalue weighted by Crippen LogP contribution is 1.92. The zero-order valence-electron chi connectivity index (χ0n) is 9.89. The van der Waals surface area contributed by atoms with Gasteiger partial charge in [-0.2, -0.15) is 0 Å². The number of carbonyl (C=O) groups is 4. The molecular formula is C4H6B3N4O8S2. The van der Waals surface area contributed by atoms with Gasteiger partial charge < -0.3 is 29.3 Å². The Hall–Kier alpha value is -1.71. The van der Waals surface area contributed by atoms with Gasteiger partial charge in [-0.15, -0.1) is 0 Å². The standard InChI is InChI=1S/C4H6B3N4O8S2/c12-1(8-6-10-3(14)18-20-16)5-2(13)9-7-11-4(15)19-21-17/h16-17H,(H,8,12)(H,9,13)(H,10,14)(H,11,15). The van der Waals surface area contributed by atoms with Crippen LogP contribution in [-0.4, -0.2) is 55.3 Å². The molecule has 0 aliphatic heterocycles. The van der Waals surface area contributed by atoms with E-state index in [1.54, 1.807) is 0 Å². The Balaban J connectivity index is 3.68. The van der Waals surface area contributed by atoms with E-state index in [4.69, 9.17) is 9.11 Å². The zero-order chi connectivity index (χ0) is 16.1. The van der Waals surface area contributed by atoms with Crippen LogP contribution in [-0.2, 0) is 8.37 Å². The minimum absolute atomic E-state index is 0.189. The quantitative estimate of drug-likeness (QED) is 0.235. The Labute approximate surface area is 129 Å². The largest absolute Gasteiger partial charge is 0.410 e. The van der Waals surface area contributed by atoms with Gasteiger partial charge in [-0.3, -0.25) is 18.7 Å². The minimum Gasteiger partial charge on any atom is -0.391 e. The van der Waals surface area contributed by atoms with Crippen LogP contribution in [0.15, 0.2) is 0 Å². The van der Waals surface area contributed by atoms with E-state index in [-0.39, 0.29) is 24.6 Å². The minimum atomic E-state index is -1.05. The van der Waals surface area contributed by atoms with Gasteiger partial charge in [0, 0.05) is 0 Å². The molecule has 0 rings (SSSR count). The molecule has 6 N–H and O–H groups in total. The summed E-state index contributed by atoms with van der Waals surface area (Å²) in [4.78, 5) is 43.5. The van der Waals surface area contributed by atoms with Crippen LogP contribution in [0.3, 0.4) is 0 Å². The molecule has 0 fully saturated rings. The highest BCUT2D eigenvalue weighted by molar-refractivity contribution is 7.89. The summed E-state index contributed by atoms with van der Waals surface area (Å²) in [5.74, 6) is -1.79. The first-order valence-electron chi connectivity index (χ1n) is 4.66. The fraction of sp³-hybridized carbons (Fsp3) is 0. The maximum absolute atomic E-state index is 11.1. The van der Waals surface area contributed by atoms with E-state index in [1.165, 1.54) is 0 Å². The van der Waals surface area contributed by atoms with Crippen molar-refractivity contribution in [3.05, 3.63) is 0 Å². The van der Waals surface area contributed by atoms with Gasteiger partial charge >= 0.3 is 34.6 Å². The molecule has 0 saturated heterocycles. The van der Waals surface area contributed by atoms with Crippen LogP contribution >= 0.6 is 24.6 Å². The van der Waals surface area contributed by atoms with Crippen LogP contribution in [0, 0.1) is 0 Å². The highest BCUT2D eigenvalue weighted by Gasteiger charge is 2.14. The first-order chi connectivity index (χ1) is 9.99. The summed E-state index contributed by atoms with van der Waals surface area (Å²) in [7, 11) is 2.10. The average molecular weight is 335 g/mol. The lowest BCUT2D eigenvalue weighted by atomic mass is 9.74. The van der Waals surface area contributed by atoms with E-state index in [0.29, 0.717) is 7.28 Å². The molecule has 0 spiro atoms. The molecule has 0 aromatic heterocycles. The third-order valence-electron chi connectivity index (χ3n) is 1.30. The molecule has 0 saturated carbocycles. The number of rotatable bonds is 8. The van der Waals surface area contributed by atoms with Gasteiger partial charge in [0.25, 0.3) is 0 Å². The summed E-state index contributed by atoms with van der Waals surface area (Å²) < 4.78 is 24.2. The molecule has 21 heavy (non-hydrogen) atoms. The van der Waals surface area contributed by atoms with Crippen LogP contribution in [0.1, 0.15) is 0 Å². The third kappa shape index (κ3) is 11.8. The number of hydrogen-bond donors (Lipinski definition) is 6. The van der Waals surface area contributed by atoms with Crippen molar-refractivity contribution in [2.24, 2.45) is 0 Å². The number of carbonyl (C=O) groups excluding carboxylic acids is 4. The van der Waals surface area contributed by atoms with Crippen molar-refractivity contribution in [2.45, 2.75) is 0 Å². The van der Waals surface area contributed by atoms with E-state index in [2.05, 4.69) is 8.37 Å². The maximum Gasteiger partial charge on any atom is 0.410 e. The molecule has 0 aliphatic carbocycles. The molecule has 3 radical (unpaired) electrons. The molecule has 12 nitrogen and oxygen atoms in total. The second-order valence-electron chi connectivity index (χ2n) is 2.63. The molecule has 0 aromatic carbocycles. The van der Waals surface area contributed by atoms with Crippen molar-refractivity contribution in [2.75, 3.05) is 0 Å². The first-order valence-corrected chi connectivity index (χ1v) is 6.05. The van der Waals surface area contributed by atoms with Crippen LogP contribution in [0.2, 0.25) is 0 Å². The van der Waals surface area contributed by atoms with E-state index >= 15 is 0 Å². The van der Waals surface area contributed by atoms with Gasteiger partial charge in [0.05, 0.1) is 0 Å². The molecule has 111 valence electrons. The van der Waals surface area contributed by atoms with Crippen LogP contribution < -0.4 is 20.9 Å². The number of nitrogens with one attached hydrogen (secondary N) is 4. The monoisotopic (exact) mass is 335 g/mol. The molecule has 0 unspecified atom stereocenters. The lowest BCUT2D eigenvalue weighted by Gasteiger charge is -2.04. The fourth-order valence-corrected chi connectivity index (χ4v) is 0.882. The van der Waals surface area contributed by atoms with Gasteiger partial charge in [-0.05, 0) is 0 Å². The molecular weight excluding hydrogens is 329 g/mol. The normalized spacial score (nSPS) is 8.67. The van der Waals surface area contributed by atoms with Gasteiger partial charge in [0.15, 0.2) is 11.6 Å². The molecule has 17 heteroatoms. The van der Waals surface area contributed by atoms with Gasteiger partial charge in [0.1, 0.15) is 0 Å². The van der Waals surface area contributed by atoms with Crippen LogP contribution in [0.4, 0.5) is 19.2 Å². The van der Waals surface area contributed by atoms with E-state index in [1.807, 2.05) is 20.9 Å². The molecule has 4 amide bonds. The van der Waals surface area contributed by atoms with Gasteiger partial charge in [-0.1, -0.05) is 0 Å². The van der Waals surface area contributed by atoms with Gasteiger partial charge in [0.2, 0.25) is 24.6 Å². The molecule has 0 aliphatic rings. The Morgan fingerprint density at radius 3 is 1.48 bits per heavy atom. The Morgan fingerprint density at radius 1 is 0.762 bits per heavy atom.